The summed E-state index contributed by atoms with van der Waals surface area (Å²) in [4.78, 5) is 26.5. The van der Waals surface area contributed by atoms with E-state index in [1.165, 1.54) is 11.4 Å². The largest absolute Gasteiger partial charge is 0.467 e. The number of sulfonamides is 1. The highest BCUT2D eigenvalue weighted by Gasteiger charge is 2.31. The molecule has 1 aliphatic rings. The van der Waals surface area contributed by atoms with Crippen LogP contribution in [0.3, 0.4) is 0 Å². The molecule has 1 fully saturated rings. The summed E-state index contributed by atoms with van der Waals surface area (Å²) in [5.41, 5.74) is 1.00. The van der Waals surface area contributed by atoms with Crippen LogP contribution in [0, 0.1) is 12.8 Å². The van der Waals surface area contributed by atoms with E-state index in [-0.39, 0.29) is 23.3 Å². The van der Waals surface area contributed by atoms with Crippen molar-refractivity contribution >= 4 is 21.9 Å². The zero-order valence-corrected chi connectivity index (χ0v) is 18.4. The Morgan fingerprint density at radius 3 is 2.24 bits per heavy atom. The number of amides is 1. The van der Waals surface area contributed by atoms with Crippen LogP contribution in [-0.4, -0.2) is 75.4 Å². The molecule has 0 bridgehead atoms. The normalized spacial score (nSPS) is 18.1. The Kier molecular flexibility index (Phi) is 8.18. The van der Waals surface area contributed by atoms with Crippen molar-refractivity contribution in [3.05, 3.63) is 29.8 Å². The molecule has 1 saturated heterocycles. The highest BCUT2D eigenvalue weighted by Crippen LogP contribution is 2.18. The lowest BCUT2D eigenvalue weighted by atomic mass is 9.99. The van der Waals surface area contributed by atoms with E-state index < -0.39 is 22.0 Å². The molecule has 2 atom stereocenters. The maximum absolute atomic E-state index is 12.8. The molecule has 0 saturated carbocycles. The van der Waals surface area contributed by atoms with E-state index in [2.05, 4.69) is 5.32 Å². The van der Waals surface area contributed by atoms with Gasteiger partial charge < -0.3 is 10.1 Å². The van der Waals surface area contributed by atoms with Crippen molar-refractivity contribution in [3.8, 4) is 0 Å². The number of carbonyl (C=O) groups is 2. The van der Waals surface area contributed by atoms with Crippen molar-refractivity contribution < 1.29 is 22.7 Å². The van der Waals surface area contributed by atoms with Gasteiger partial charge in [-0.05, 0) is 25.0 Å². The lowest BCUT2D eigenvalue weighted by Crippen LogP contribution is -2.53. The van der Waals surface area contributed by atoms with Gasteiger partial charge in [-0.3, -0.25) is 9.69 Å². The zero-order chi connectivity index (χ0) is 21.6. The van der Waals surface area contributed by atoms with Crippen molar-refractivity contribution in [1.29, 1.82) is 0 Å². The minimum absolute atomic E-state index is 0.0390. The molecule has 29 heavy (non-hydrogen) atoms. The number of hydrogen-bond acceptors (Lipinski definition) is 6. The molecule has 1 heterocycles. The Balaban J connectivity index is 1.91. The number of esters is 1. The molecule has 0 radical (unpaired) electrons. The third kappa shape index (κ3) is 6.01. The first kappa shape index (κ1) is 23.3. The molecule has 0 spiro atoms. The second-order valence-corrected chi connectivity index (χ2v) is 9.39. The molecule has 0 aliphatic carbocycles. The van der Waals surface area contributed by atoms with Gasteiger partial charge in [0.05, 0.1) is 18.6 Å². The standard InChI is InChI=1S/C20H31N3O5S/c1-5-16(3)19(20(25)28-4)21-18(24)14-22-10-12-23(13-11-22)29(26,27)17-8-6-15(2)7-9-17/h6-9,16,19H,5,10-14H2,1-4H3,(H,21,24)/t16-,19-/m1/s1. The Morgan fingerprint density at radius 1 is 1.14 bits per heavy atom. The second-order valence-electron chi connectivity index (χ2n) is 7.45. The predicted octanol–water partition coefficient (Wildman–Crippen LogP) is 1.01. The van der Waals surface area contributed by atoms with E-state index >= 15 is 0 Å². The summed E-state index contributed by atoms with van der Waals surface area (Å²) in [6.07, 6.45) is 0.732. The third-order valence-electron chi connectivity index (χ3n) is 5.34. The monoisotopic (exact) mass is 425 g/mol. The molecule has 2 rings (SSSR count). The summed E-state index contributed by atoms with van der Waals surface area (Å²) in [6, 6.07) is 6.12. The van der Waals surface area contributed by atoms with Crippen LogP contribution in [0.5, 0.6) is 0 Å². The van der Waals surface area contributed by atoms with Gasteiger partial charge in [-0.15, -0.1) is 0 Å². The van der Waals surface area contributed by atoms with E-state index in [1.807, 2.05) is 25.7 Å². The molecule has 9 heteroatoms. The Hall–Kier alpha value is -1.97. The number of nitrogens with zero attached hydrogens (tertiary/aromatic N) is 2. The second kappa shape index (κ2) is 10.2. The fourth-order valence-electron chi connectivity index (χ4n) is 3.21. The van der Waals surface area contributed by atoms with Gasteiger partial charge in [0.1, 0.15) is 6.04 Å². The highest BCUT2D eigenvalue weighted by atomic mass is 32.2. The zero-order valence-electron chi connectivity index (χ0n) is 17.6. The number of rotatable bonds is 8. The lowest BCUT2D eigenvalue weighted by Gasteiger charge is -2.34. The van der Waals surface area contributed by atoms with Gasteiger partial charge in [0, 0.05) is 26.2 Å². The fraction of sp³-hybridized carbons (Fsp3) is 0.600. The third-order valence-corrected chi connectivity index (χ3v) is 7.25. The average Bonchev–Trinajstić information content (AvgIpc) is 2.71. The van der Waals surface area contributed by atoms with Crippen LogP contribution in [0.25, 0.3) is 0 Å². The van der Waals surface area contributed by atoms with Crippen LogP contribution in [0.1, 0.15) is 25.8 Å². The first-order valence-electron chi connectivity index (χ1n) is 9.85. The number of nitrogens with one attached hydrogen (secondary N) is 1. The summed E-state index contributed by atoms with van der Waals surface area (Å²) < 4.78 is 31.8. The molecular weight excluding hydrogens is 394 g/mol. The maximum Gasteiger partial charge on any atom is 0.328 e. The van der Waals surface area contributed by atoms with Crippen molar-refractivity contribution in [2.45, 2.75) is 38.1 Å². The van der Waals surface area contributed by atoms with Gasteiger partial charge in [-0.2, -0.15) is 4.31 Å². The lowest BCUT2D eigenvalue weighted by molar-refractivity contribution is -0.146. The summed E-state index contributed by atoms with van der Waals surface area (Å²) >= 11 is 0. The Bertz CT molecular complexity index is 802. The minimum Gasteiger partial charge on any atom is -0.467 e. The molecule has 1 aliphatic heterocycles. The van der Waals surface area contributed by atoms with Gasteiger partial charge in [0.15, 0.2) is 0 Å². The highest BCUT2D eigenvalue weighted by molar-refractivity contribution is 7.89. The molecule has 162 valence electrons. The van der Waals surface area contributed by atoms with Gasteiger partial charge in [-0.25, -0.2) is 13.2 Å². The number of carbonyl (C=O) groups excluding carboxylic acids is 2. The quantitative estimate of drug-likeness (QED) is 0.625. The SMILES string of the molecule is CC[C@@H](C)[C@@H](NC(=O)CN1CCN(S(=O)(=O)c2ccc(C)cc2)CC1)C(=O)OC. The van der Waals surface area contributed by atoms with Gasteiger partial charge in [0.25, 0.3) is 0 Å². The summed E-state index contributed by atoms with van der Waals surface area (Å²) in [6.45, 7) is 7.38. The molecule has 0 aromatic heterocycles. The predicted molar refractivity (Wildman–Crippen MR) is 110 cm³/mol. The van der Waals surface area contributed by atoms with Crippen molar-refractivity contribution in [2.24, 2.45) is 5.92 Å². The number of hydrogen-bond donors (Lipinski definition) is 1. The first-order chi connectivity index (χ1) is 13.7. The molecule has 8 nitrogen and oxygen atoms in total. The Labute approximate surface area is 173 Å². The fourth-order valence-corrected chi connectivity index (χ4v) is 4.63. The van der Waals surface area contributed by atoms with Crippen molar-refractivity contribution in [1.82, 2.24) is 14.5 Å². The van der Waals surface area contributed by atoms with E-state index in [4.69, 9.17) is 4.74 Å². The molecule has 1 aromatic rings. The first-order valence-corrected chi connectivity index (χ1v) is 11.3. The van der Waals surface area contributed by atoms with Gasteiger partial charge in [-0.1, -0.05) is 38.0 Å². The molecule has 1 amide bonds. The number of piperazine rings is 1. The smallest absolute Gasteiger partial charge is 0.328 e. The van der Waals surface area contributed by atoms with Crippen LogP contribution in [-0.2, 0) is 24.3 Å². The van der Waals surface area contributed by atoms with Gasteiger partial charge >= 0.3 is 5.97 Å². The summed E-state index contributed by atoms with van der Waals surface area (Å²) in [5.74, 6) is -0.764. The van der Waals surface area contributed by atoms with Crippen LogP contribution in [0.4, 0.5) is 0 Å². The average molecular weight is 426 g/mol. The minimum atomic E-state index is -3.53. The molecular formula is C20H31N3O5S. The topological polar surface area (TPSA) is 96.0 Å². The van der Waals surface area contributed by atoms with Crippen LogP contribution < -0.4 is 5.32 Å². The van der Waals surface area contributed by atoms with Crippen molar-refractivity contribution in [2.75, 3.05) is 39.8 Å². The number of ether oxygens (including phenoxy) is 1. The number of benzene rings is 1. The van der Waals surface area contributed by atoms with E-state index in [0.29, 0.717) is 26.2 Å². The number of methoxy groups -OCH3 is 1. The van der Waals surface area contributed by atoms with E-state index in [1.54, 1.807) is 24.3 Å². The van der Waals surface area contributed by atoms with Crippen LogP contribution in [0.15, 0.2) is 29.2 Å². The van der Waals surface area contributed by atoms with Crippen LogP contribution >= 0.6 is 0 Å². The van der Waals surface area contributed by atoms with Crippen LogP contribution in [0.2, 0.25) is 0 Å². The van der Waals surface area contributed by atoms with Crippen molar-refractivity contribution in [3.63, 3.8) is 0 Å². The van der Waals surface area contributed by atoms with E-state index in [0.717, 1.165) is 12.0 Å². The molecule has 1 N–H and O–H groups in total. The van der Waals surface area contributed by atoms with E-state index in [9.17, 15) is 18.0 Å². The maximum atomic E-state index is 12.8. The van der Waals surface area contributed by atoms with Gasteiger partial charge in [0.2, 0.25) is 15.9 Å². The molecule has 0 unspecified atom stereocenters. The Morgan fingerprint density at radius 2 is 1.72 bits per heavy atom. The molecule has 1 aromatic carbocycles. The summed E-state index contributed by atoms with van der Waals surface area (Å²) in [7, 11) is -2.23. The number of aryl methyl sites for hydroxylation is 1. The summed E-state index contributed by atoms with van der Waals surface area (Å²) in [5, 5.41) is 2.75.